The predicted molar refractivity (Wildman–Crippen MR) is 84.8 cm³/mol. The topological polar surface area (TPSA) is 55.0 Å². The molecule has 98 valence electrons. The van der Waals surface area contributed by atoms with Crippen LogP contribution in [0.15, 0.2) is 36.8 Å². The number of rotatable bonds is 4. The molecule has 0 bridgehead atoms. The van der Waals surface area contributed by atoms with Crippen molar-refractivity contribution in [1.82, 2.24) is 9.97 Å². The smallest absolute Gasteiger partial charge is 0.146 e. The summed E-state index contributed by atoms with van der Waals surface area (Å²) < 4.78 is 1.10. The summed E-state index contributed by atoms with van der Waals surface area (Å²) in [5, 5.41) is 0. The van der Waals surface area contributed by atoms with Gasteiger partial charge in [0.15, 0.2) is 0 Å². The standard InChI is InChI=1S/C14H15IN4/c15-13-7-17-9-18-14(13)19(12-5-6-12)8-10-1-3-11(16)4-2-10/h1-4,7,9,12H,5-6,8,16H2. The molecule has 0 aliphatic heterocycles. The minimum absolute atomic E-state index is 0.612. The monoisotopic (exact) mass is 366 g/mol. The second kappa shape index (κ2) is 5.32. The van der Waals surface area contributed by atoms with Crippen LogP contribution in [-0.2, 0) is 6.54 Å². The van der Waals surface area contributed by atoms with Gasteiger partial charge in [-0.15, -0.1) is 0 Å². The van der Waals surface area contributed by atoms with E-state index in [2.05, 4.69) is 49.6 Å². The first-order valence-electron chi connectivity index (χ1n) is 6.30. The van der Waals surface area contributed by atoms with Crippen LogP contribution >= 0.6 is 22.6 Å². The van der Waals surface area contributed by atoms with Gasteiger partial charge >= 0.3 is 0 Å². The minimum atomic E-state index is 0.612. The lowest BCUT2D eigenvalue weighted by Crippen LogP contribution is -2.27. The van der Waals surface area contributed by atoms with E-state index in [1.54, 1.807) is 6.33 Å². The summed E-state index contributed by atoms with van der Waals surface area (Å²) in [5.74, 6) is 1.04. The number of nitrogens with zero attached hydrogens (tertiary/aromatic N) is 3. The molecule has 1 aliphatic carbocycles. The normalized spacial score (nSPS) is 14.4. The lowest BCUT2D eigenvalue weighted by atomic mass is 10.2. The maximum absolute atomic E-state index is 5.73. The van der Waals surface area contributed by atoms with Gasteiger partial charge in [-0.05, 0) is 53.1 Å². The zero-order chi connectivity index (χ0) is 13.2. The van der Waals surface area contributed by atoms with Gasteiger partial charge in [0.05, 0.1) is 3.57 Å². The third-order valence-electron chi connectivity index (χ3n) is 3.24. The Kier molecular flexibility index (Phi) is 3.54. The average molecular weight is 366 g/mol. The molecule has 2 N–H and O–H groups in total. The van der Waals surface area contributed by atoms with E-state index in [0.717, 1.165) is 21.6 Å². The summed E-state index contributed by atoms with van der Waals surface area (Å²) in [6, 6.07) is 8.68. The summed E-state index contributed by atoms with van der Waals surface area (Å²) in [6.45, 7) is 0.873. The highest BCUT2D eigenvalue weighted by Gasteiger charge is 2.31. The Hall–Kier alpha value is -1.37. The molecule has 1 saturated carbocycles. The van der Waals surface area contributed by atoms with Crippen LogP contribution in [0.2, 0.25) is 0 Å². The molecule has 19 heavy (non-hydrogen) atoms. The van der Waals surface area contributed by atoms with Crippen molar-refractivity contribution >= 4 is 34.1 Å². The molecule has 0 radical (unpaired) electrons. The first-order chi connectivity index (χ1) is 9.24. The predicted octanol–water partition coefficient (Wildman–Crippen LogP) is 2.83. The van der Waals surface area contributed by atoms with Crippen LogP contribution in [0.25, 0.3) is 0 Å². The second-order valence-corrected chi connectivity index (χ2v) is 5.96. The summed E-state index contributed by atoms with van der Waals surface area (Å²) in [5.41, 5.74) is 7.79. The number of aromatic nitrogens is 2. The van der Waals surface area contributed by atoms with Gasteiger partial charge in [0, 0.05) is 24.5 Å². The summed E-state index contributed by atoms with van der Waals surface area (Å²) in [7, 11) is 0. The van der Waals surface area contributed by atoms with Crippen LogP contribution in [0.1, 0.15) is 18.4 Å². The summed E-state index contributed by atoms with van der Waals surface area (Å²) >= 11 is 2.30. The average Bonchev–Trinajstić information content (AvgIpc) is 3.24. The first kappa shape index (κ1) is 12.7. The maximum Gasteiger partial charge on any atom is 0.146 e. The fourth-order valence-corrected chi connectivity index (χ4v) is 2.71. The molecule has 3 rings (SSSR count). The van der Waals surface area contributed by atoms with Crippen molar-refractivity contribution in [2.45, 2.75) is 25.4 Å². The number of nitrogen functional groups attached to an aromatic ring is 1. The fourth-order valence-electron chi connectivity index (χ4n) is 2.10. The van der Waals surface area contributed by atoms with E-state index >= 15 is 0 Å². The molecule has 1 fully saturated rings. The molecular formula is C14H15IN4. The Morgan fingerprint density at radius 2 is 2.00 bits per heavy atom. The van der Waals surface area contributed by atoms with Gasteiger partial charge in [0.1, 0.15) is 12.1 Å². The Morgan fingerprint density at radius 3 is 2.63 bits per heavy atom. The van der Waals surface area contributed by atoms with E-state index in [9.17, 15) is 0 Å². The van der Waals surface area contributed by atoms with Crippen LogP contribution in [0.3, 0.4) is 0 Å². The van der Waals surface area contributed by atoms with Crippen LogP contribution < -0.4 is 10.6 Å². The van der Waals surface area contributed by atoms with Gasteiger partial charge in [-0.25, -0.2) is 9.97 Å². The van der Waals surface area contributed by atoms with Crippen molar-refractivity contribution in [3.8, 4) is 0 Å². The molecule has 1 aromatic carbocycles. The number of benzene rings is 1. The quantitative estimate of drug-likeness (QED) is 0.668. The molecule has 1 heterocycles. The van der Waals surface area contributed by atoms with Gasteiger partial charge < -0.3 is 10.6 Å². The fraction of sp³-hybridized carbons (Fsp3) is 0.286. The third-order valence-corrected chi connectivity index (χ3v) is 4.00. The lowest BCUT2D eigenvalue weighted by molar-refractivity contribution is 0.772. The second-order valence-electron chi connectivity index (χ2n) is 4.79. The van der Waals surface area contributed by atoms with Crippen molar-refractivity contribution in [3.63, 3.8) is 0 Å². The van der Waals surface area contributed by atoms with Gasteiger partial charge in [-0.1, -0.05) is 12.1 Å². The number of hydrogen-bond acceptors (Lipinski definition) is 4. The van der Waals surface area contributed by atoms with Crippen LogP contribution in [-0.4, -0.2) is 16.0 Å². The van der Waals surface area contributed by atoms with Crippen molar-refractivity contribution in [2.75, 3.05) is 10.6 Å². The van der Waals surface area contributed by atoms with E-state index in [-0.39, 0.29) is 0 Å². The van der Waals surface area contributed by atoms with Gasteiger partial charge in [0.2, 0.25) is 0 Å². The van der Waals surface area contributed by atoms with Crippen LogP contribution in [0.4, 0.5) is 11.5 Å². The summed E-state index contributed by atoms with van der Waals surface area (Å²) in [6.07, 6.45) is 5.97. The van der Waals surface area contributed by atoms with E-state index in [0.29, 0.717) is 6.04 Å². The lowest BCUT2D eigenvalue weighted by Gasteiger charge is -2.24. The highest BCUT2D eigenvalue weighted by molar-refractivity contribution is 14.1. The highest BCUT2D eigenvalue weighted by Crippen LogP contribution is 2.33. The van der Waals surface area contributed by atoms with E-state index < -0.39 is 0 Å². The number of nitrogens with two attached hydrogens (primary N) is 1. The number of hydrogen-bond donors (Lipinski definition) is 1. The van der Waals surface area contributed by atoms with Gasteiger partial charge in [0.25, 0.3) is 0 Å². The summed E-state index contributed by atoms with van der Waals surface area (Å²) in [4.78, 5) is 10.9. The number of halogens is 1. The Balaban J connectivity index is 1.86. The Bertz CT molecular complexity index is 566. The molecule has 0 atom stereocenters. The molecule has 1 aromatic heterocycles. The first-order valence-corrected chi connectivity index (χ1v) is 7.38. The van der Waals surface area contributed by atoms with Crippen LogP contribution in [0, 0.1) is 3.57 Å². The van der Waals surface area contributed by atoms with Crippen molar-refractivity contribution < 1.29 is 0 Å². The molecule has 0 amide bonds. The molecule has 5 heteroatoms. The Morgan fingerprint density at radius 1 is 1.26 bits per heavy atom. The minimum Gasteiger partial charge on any atom is -0.399 e. The Labute approximate surface area is 126 Å². The van der Waals surface area contributed by atoms with Gasteiger partial charge in [-0.3, -0.25) is 0 Å². The van der Waals surface area contributed by atoms with E-state index in [1.807, 2.05) is 18.3 Å². The zero-order valence-electron chi connectivity index (χ0n) is 10.5. The van der Waals surface area contributed by atoms with Crippen molar-refractivity contribution in [2.24, 2.45) is 0 Å². The number of anilines is 2. The highest BCUT2D eigenvalue weighted by atomic mass is 127. The van der Waals surface area contributed by atoms with E-state index in [4.69, 9.17) is 5.73 Å². The van der Waals surface area contributed by atoms with Crippen molar-refractivity contribution in [3.05, 3.63) is 45.9 Å². The maximum atomic E-state index is 5.73. The molecule has 0 spiro atoms. The molecule has 4 nitrogen and oxygen atoms in total. The zero-order valence-corrected chi connectivity index (χ0v) is 12.6. The molecule has 2 aromatic rings. The SMILES string of the molecule is Nc1ccc(CN(c2ncncc2I)C2CC2)cc1. The third kappa shape index (κ3) is 2.97. The molecule has 1 aliphatic rings. The molecular weight excluding hydrogens is 351 g/mol. The molecule has 0 unspecified atom stereocenters. The van der Waals surface area contributed by atoms with E-state index in [1.165, 1.54) is 18.4 Å². The largest absolute Gasteiger partial charge is 0.399 e. The van der Waals surface area contributed by atoms with Crippen molar-refractivity contribution in [1.29, 1.82) is 0 Å². The molecule has 0 saturated heterocycles. The van der Waals surface area contributed by atoms with Crippen LogP contribution in [0.5, 0.6) is 0 Å². The van der Waals surface area contributed by atoms with Gasteiger partial charge in [-0.2, -0.15) is 0 Å².